The first kappa shape index (κ1) is 15.9. The summed E-state index contributed by atoms with van der Waals surface area (Å²) in [6.07, 6.45) is 9.62. The van der Waals surface area contributed by atoms with Gasteiger partial charge >= 0.3 is 6.09 Å². The molecule has 1 fully saturated rings. The molecule has 0 spiro atoms. The Morgan fingerprint density at radius 1 is 1.38 bits per heavy atom. The Hall–Kier alpha value is -1.52. The van der Waals surface area contributed by atoms with Crippen LogP contribution in [0.5, 0.6) is 0 Å². The molecule has 1 aliphatic rings. The Morgan fingerprint density at radius 3 is 2.67 bits per heavy atom. The number of imidazole rings is 1. The fraction of sp³-hybridized carbons (Fsp3) is 0.750. The molecule has 1 N–H and O–H groups in total. The Bertz CT molecular complexity index is 470. The lowest BCUT2D eigenvalue weighted by molar-refractivity contribution is 0.0505. The van der Waals surface area contributed by atoms with Crippen molar-refractivity contribution in [1.82, 2.24) is 14.9 Å². The zero-order chi connectivity index (χ0) is 15.5. The molecule has 5 heteroatoms. The maximum absolute atomic E-state index is 11.9. The first-order valence-electron chi connectivity index (χ1n) is 7.88. The highest BCUT2D eigenvalue weighted by atomic mass is 16.6. The van der Waals surface area contributed by atoms with Crippen LogP contribution in [-0.2, 0) is 4.74 Å². The van der Waals surface area contributed by atoms with Crippen molar-refractivity contribution in [2.75, 3.05) is 0 Å². The maximum Gasteiger partial charge on any atom is 0.408 e. The number of alkyl carbamates (subject to hydrolysis) is 1. The largest absolute Gasteiger partial charge is 0.444 e. The summed E-state index contributed by atoms with van der Waals surface area (Å²) < 4.78 is 7.54. The van der Waals surface area contributed by atoms with Crippen LogP contribution < -0.4 is 5.32 Å². The predicted molar refractivity (Wildman–Crippen MR) is 82.1 cm³/mol. The van der Waals surface area contributed by atoms with Crippen LogP contribution >= 0.6 is 0 Å². The highest BCUT2D eigenvalue weighted by Gasteiger charge is 2.23. The summed E-state index contributed by atoms with van der Waals surface area (Å²) in [7, 11) is 0. The van der Waals surface area contributed by atoms with E-state index in [-0.39, 0.29) is 12.1 Å². The van der Waals surface area contributed by atoms with Gasteiger partial charge in [-0.15, -0.1) is 0 Å². The minimum atomic E-state index is -0.479. The van der Waals surface area contributed by atoms with E-state index in [1.807, 2.05) is 40.2 Å². The van der Waals surface area contributed by atoms with Crippen molar-refractivity contribution in [1.29, 1.82) is 0 Å². The summed E-state index contributed by atoms with van der Waals surface area (Å²) in [4.78, 5) is 16.2. The van der Waals surface area contributed by atoms with Gasteiger partial charge in [0.1, 0.15) is 5.60 Å². The minimum absolute atomic E-state index is 0.107. The van der Waals surface area contributed by atoms with Gasteiger partial charge in [0, 0.05) is 6.04 Å². The zero-order valence-corrected chi connectivity index (χ0v) is 13.6. The number of amides is 1. The van der Waals surface area contributed by atoms with Gasteiger partial charge in [-0.25, -0.2) is 9.78 Å². The van der Waals surface area contributed by atoms with Gasteiger partial charge in [0.15, 0.2) is 0 Å². The fourth-order valence-electron chi connectivity index (χ4n) is 2.87. The number of nitrogens with zero attached hydrogens (tertiary/aromatic N) is 2. The van der Waals surface area contributed by atoms with Gasteiger partial charge in [-0.1, -0.05) is 19.3 Å². The van der Waals surface area contributed by atoms with Crippen LogP contribution in [0.4, 0.5) is 4.79 Å². The molecule has 1 amide bonds. The van der Waals surface area contributed by atoms with Crippen molar-refractivity contribution in [2.45, 2.75) is 77.5 Å². The molecule has 1 aliphatic carbocycles. The number of rotatable bonds is 3. The van der Waals surface area contributed by atoms with E-state index < -0.39 is 5.60 Å². The molecule has 1 heterocycles. The summed E-state index contributed by atoms with van der Waals surface area (Å²) in [5, 5.41) is 2.90. The molecule has 1 aromatic rings. The molecule has 0 radical (unpaired) electrons. The second-order valence-electron chi connectivity index (χ2n) is 6.89. The van der Waals surface area contributed by atoms with Crippen molar-refractivity contribution < 1.29 is 9.53 Å². The minimum Gasteiger partial charge on any atom is -0.444 e. The van der Waals surface area contributed by atoms with E-state index in [2.05, 4.69) is 14.9 Å². The molecule has 118 valence electrons. The average molecular weight is 293 g/mol. The molecule has 0 bridgehead atoms. The number of carbonyl (C=O) groups excluding carboxylic acids is 1. The van der Waals surface area contributed by atoms with Crippen LogP contribution in [0.2, 0.25) is 0 Å². The number of hydrogen-bond acceptors (Lipinski definition) is 3. The summed E-state index contributed by atoms with van der Waals surface area (Å²) in [5.74, 6) is 0. The summed E-state index contributed by atoms with van der Waals surface area (Å²) in [5.41, 5.74) is 0.570. The van der Waals surface area contributed by atoms with Crippen LogP contribution in [0.25, 0.3) is 0 Å². The van der Waals surface area contributed by atoms with Crippen LogP contribution in [0.15, 0.2) is 12.5 Å². The number of ether oxygens (including phenoxy) is 1. The summed E-state index contributed by atoms with van der Waals surface area (Å²) in [6.45, 7) is 7.57. The van der Waals surface area contributed by atoms with E-state index >= 15 is 0 Å². The van der Waals surface area contributed by atoms with Crippen molar-refractivity contribution in [2.24, 2.45) is 0 Å². The van der Waals surface area contributed by atoms with E-state index in [0.29, 0.717) is 6.04 Å². The summed E-state index contributed by atoms with van der Waals surface area (Å²) >= 11 is 0. The number of aromatic nitrogens is 2. The lowest BCUT2D eigenvalue weighted by Gasteiger charge is -2.27. The van der Waals surface area contributed by atoms with Crippen LogP contribution in [0.1, 0.15) is 77.6 Å². The average Bonchev–Trinajstić information content (AvgIpc) is 2.86. The van der Waals surface area contributed by atoms with Gasteiger partial charge in [0.2, 0.25) is 0 Å². The number of carbonyl (C=O) groups is 1. The van der Waals surface area contributed by atoms with Gasteiger partial charge < -0.3 is 14.6 Å². The molecule has 2 rings (SSSR count). The highest BCUT2D eigenvalue weighted by Crippen LogP contribution is 2.30. The quantitative estimate of drug-likeness (QED) is 0.917. The van der Waals surface area contributed by atoms with Crippen LogP contribution in [-0.4, -0.2) is 21.2 Å². The van der Waals surface area contributed by atoms with Gasteiger partial charge in [-0.05, 0) is 40.5 Å². The van der Waals surface area contributed by atoms with E-state index in [1.54, 1.807) is 0 Å². The molecule has 0 aliphatic heterocycles. The highest BCUT2D eigenvalue weighted by molar-refractivity contribution is 5.68. The lowest BCUT2D eigenvalue weighted by Crippen LogP contribution is -2.35. The van der Waals surface area contributed by atoms with Gasteiger partial charge in [-0.3, -0.25) is 0 Å². The first-order chi connectivity index (χ1) is 9.87. The summed E-state index contributed by atoms with van der Waals surface area (Å²) in [6, 6.07) is 0.406. The number of nitrogens with one attached hydrogen (secondary N) is 1. The van der Waals surface area contributed by atoms with Crippen molar-refractivity contribution in [3.63, 3.8) is 0 Å². The Balaban J connectivity index is 2.01. The number of hydrogen-bond donors (Lipinski definition) is 1. The third-order valence-corrected chi connectivity index (χ3v) is 3.84. The first-order valence-corrected chi connectivity index (χ1v) is 7.88. The zero-order valence-electron chi connectivity index (χ0n) is 13.6. The van der Waals surface area contributed by atoms with Crippen molar-refractivity contribution in [3.05, 3.63) is 18.2 Å². The third kappa shape index (κ3) is 4.48. The predicted octanol–water partition coefficient (Wildman–Crippen LogP) is 3.97. The van der Waals surface area contributed by atoms with Gasteiger partial charge in [0.25, 0.3) is 0 Å². The molecule has 21 heavy (non-hydrogen) atoms. The van der Waals surface area contributed by atoms with E-state index in [1.165, 1.54) is 32.1 Å². The molecule has 5 nitrogen and oxygen atoms in total. The standard InChI is InChI=1S/C16H27N3O2/c1-12(18-15(20)21-16(2,3)4)14-10-17-11-19(14)13-8-6-5-7-9-13/h10-13H,5-9H2,1-4H3,(H,18,20). The molecule has 1 atom stereocenters. The Kier molecular flexibility index (Phi) is 4.91. The van der Waals surface area contributed by atoms with Crippen molar-refractivity contribution in [3.8, 4) is 0 Å². The monoisotopic (exact) mass is 293 g/mol. The lowest BCUT2D eigenvalue weighted by atomic mass is 9.95. The Morgan fingerprint density at radius 2 is 2.05 bits per heavy atom. The molecule has 0 saturated heterocycles. The topological polar surface area (TPSA) is 56.1 Å². The SMILES string of the molecule is CC(NC(=O)OC(C)(C)C)c1cncn1C1CCCCC1. The fourth-order valence-corrected chi connectivity index (χ4v) is 2.87. The normalized spacial score (nSPS) is 18.3. The molecule has 1 unspecified atom stereocenters. The third-order valence-electron chi connectivity index (χ3n) is 3.84. The maximum atomic E-state index is 11.9. The van der Waals surface area contributed by atoms with Crippen LogP contribution in [0, 0.1) is 0 Å². The second kappa shape index (κ2) is 6.50. The molecule has 1 saturated carbocycles. The van der Waals surface area contributed by atoms with Crippen LogP contribution in [0.3, 0.4) is 0 Å². The van der Waals surface area contributed by atoms with E-state index in [9.17, 15) is 4.79 Å². The second-order valence-corrected chi connectivity index (χ2v) is 6.89. The molecular formula is C16H27N3O2. The van der Waals surface area contributed by atoms with Gasteiger partial charge in [0.05, 0.1) is 24.3 Å². The van der Waals surface area contributed by atoms with E-state index in [0.717, 1.165) is 5.69 Å². The van der Waals surface area contributed by atoms with E-state index in [4.69, 9.17) is 4.74 Å². The molecular weight excluding hydrogens is 266 g/mol. The van der Waals surface area contributed by atoms with Crippen molar-refractivity contribution >= 4 is 6.09 Å². The Labute approximate surface area is 127 Å². The smallest absolute Gasteiger partial charge is 0.408 e. The molecule has 1 aromatic heterocycles. The molecule has 0 aromatic carbocycles. The van der Waals surface area contributed by atoms with Gasteiger partial charge in [-0.2, -0.15) is 0 Å².